The van der Waals surface area contributed by atoms with Crippen molar-refractivity contribution in [3.05, 3.63) is 69.3 Å². The molecule has 2 aromatic carbocycles. The number of hydrogen-bond donors (Lipinski definition) is 0. The minimum atomic E-state index is -4.20. The van der Waals surface area contributed by atoms with E-state index in [2.05, 4.69) is 13.0 Å². The molecule has 0 aromatic heterocycles. The van der Waals surface area contributed by atoms with E-state index in [4.69, 9.17) is 4.84 Å². The van der Waals surface area contributed by atoms with Crippen LogP contribution in [0, 0.1) is 24.0 Å². The number of hydrogen-bond acceptors (Lipinski definition) is 5. The molecule has 0 spiro atoms. The van der Waals surface area contributed by atoms with E-state index < -0.39 is 26.7 Å². The maximum absolute atomic E-state index is 13.5. The summed E-state index contributed by atoms with van der Waals surface area (Å²) in [6.45, 7) is 6.12. The first-order valence-corrected chi connectivity index (χ1v) is 12.2. The van der Waals surface area contributed by atoms with Crippen LogP contribution in [0.4, 0.5) is 5.69 Å². The smallest absolute Gasteiger partial charge is 0.276 e. The van der Waals surface area contributed by atoms with Crippen molar-refractivity contribution in [1.82, 2.24) is 4.47 Å². The van der Waals surface area contributed by atoms with Gasteiger partial charge in [-0.15, -0.1) is 0 Å². The van der Waals surface area contributed by atoms with Gasteiger partial charge in [0.05, 0.1) is 11.0 Å². The van der Waals surface area contributed by atoms with Crippen molar-refractivity contribution in [1.29, 1.82) is 0 Å². The number of unbranched alkanes of at least 4 members (excludes halogenated alkanes) is 3. The fourth-order valence-electron chi connectivity index (χ4n) is 4.19. The molecule has 1 aliphatic rings. The molecule has 2 atom stereocenters. The molecule has 0 unspecified atom stereocenters. The Labute approximate surface area is 184 Å². The van der Waals surface area contributed by atoms with E-state index in [-0.39, 0.29) is 10.9 Å². The molecule has 1 aliphatic heterocycles. The van der Waals surface area contributed by atoms with Crippen LogP contribution in [0.1, 0.15) is 68.2 Å². The Kier molecular flexibility index (Phi) is 7.46. The zero-order valence-electron chi connectivity index (χ0n) is 18.3. The van der Waals surface area contributed by atoms with E-state index >= 15 is 0 Å². The van der Waals surface area contributed by atoms with Crippen molar-refractivity contribution in [2.75, 3.05) is 0 Å². The highest BCUT2D eigenvalue weighted by Gasteiger charge is 2.44. The fourth-order valence-corrected chi connectivity index (χ4v) is 5.84. The Bertz CT molecular complexity index is 1020. The number of rotatable bonds is 9. The number of hydroxylamine groups is 1. The highest BCUT2D eigenvalue weighted by Crippen LogP contribution is 2.40. The second kappa shape index (κ2) is 9.89. The van der Waals surface area contributed by atoms with Crippen LogP contribution in [0.3, 0.4) is 0 Å². The van der Waals surface area contributed by atoms with Gasteiger partial charge in [0.1, 0.15) is 6.10 Å². The average molecular weight is 447 g/mol. The normalized spacial score (nSPS) is 19.6. The Balaban J connectivity index is 1.95. The zero-order valence-corrected chi connectivity index (χ0v) is 19.1. The van der Waals surface area contributed by atoms with Crippen LogP contribution >= 0.6 is 0 Å². The number of nitro groups is 1. The number of benzene rings is 2. The van der Waals surface area contributed by atoms with Crippen LogP contribution in [0.15, 0.2) is 47.4 Å². The van der Waals surface area contributed by atoms with Crippen LogP contribution in [0.2, 0.25) is 0 Å². The summed E-state index contributed by atoms with van der Waals surface area (Å²) in [7, 11) is -4.20. The van der Waals surface area contributed by atoms with Gasteiger partial charge in [0.2, 0.25) is 0 Å². The van der Waals surface area contributed by atoms with Crippen molar-refractivity contribution in [2.45, 2.75) is 76.3 Å². The van der Waals surface area contributed by atoms with E-state index in [1.165, 1.54) is 24.3 Å². The van der Waals surface area contributed by atoms with Gasteiger partial charge in [-0.25, -0.2) is 8.42 Å². The summed E-state index contributed by atoms with van der Waals surface area (Å²) in [6, 6.07) is 11.1. The lowest BCUT2D eigenvalue weighted by atomic mass is 9.97. The minimum absolute atomic E-state index is 0.334. The van der Waals surface area contributed by atoms with Crippen LogP contribution in [0.25, 0.3) is 0 Å². The number of aryl methyl sites for hydroxylation is 2. The zero-order chi connectivity index (χ0) is 22.6. The SMILES string of the molecule is CCCCCC[C@@H]1C[C@@H](c2cc(C)cc(C)c2)ON1S(=O)(=O)c1ccccc1[N+](=O)[O-]. The molecule has 31 heavy (non-hydrogen) atoms. The maximum Gasteiger partial charge on any atom is 0.289 e. The predicted octanol–water partition coefficient (Wildman–Crippen LogP) is 5.62. The summed E-state index contributed by atoms with van der Waals surface area (Å²) in [6.07, 6.45) is 4.84. The molecular weight excluding hydrogens is 416 g/mol. The topological polar surface area (TPSA) is 89.8 Å². The molecule has 0 N–H and O–H groups in total. The standard InChI is InChI=1S/C23H30N2O5S/c1-4-5-6-7-10-20-16-22(19-14-17(2)13-18(3)15-19)30-25(20)31(28,29)23-12-9-8-11-21(23)24(26)27/h8-9,11-15,20,22H,4-7,10,16H2,1-3H3/t20-,22+/m1/s1. The van der Waals surface area contributed by atoms with Gasteiger partial charge < -0.3 is 0 Å². The summed E-state index contributed by atoms with van der Waals surface area (Å²) < 4.78 is 28.0. The lowest BCUT2D eigenvalue weighted by Gasteiger charge is -2.22. The number of nitrogens with zero attached hydrogens (tertiary/aromatic N) is 2. The molecule has 0 aliphatic carbocycles. The molecule has 0 bridgehead atoms. The number of sulfonamides is 1. The molecule has 0 saturated carbocycles. The highest BCUT2D eigenvalue weighted by molar-refractivity contribution is 7.89. The second-order valence-corrected chi connectivity index (χ2v) is 9.99. The molecule has 3 rings (SSSR count). The summed E-state index contributed by atoms with van der Waals surface area (Å²) in [5.41, 5.74) is 2.65. The number of para-hydroxylation sites is 1. The summed E-state index contributed by atoms with van der Waals surface area (Å²) in [4.78, 5) is 16.5. The molecule has 1 heterocycles. The Morgan fingerprint density at radius 2 is 1.77 bits per heavy atom. The quantitative estimate of drug-likeness (QED) is 0.283. The van der Waals surface area contributed by atoms with Gasteiger partial charge in [-0.3, -0.25) is 15.0 Å². The van der Waals surface area contributed by atoms with E-state index in [0.717, 1.165) is 46.8 Å². The average Bonchev–Trinajstić information content (AvgIpc) is 3.16. The molecule has 7 nitrogen and oxygen atoms in total. The van der Waals surface area contributed by atoms with Gasteiger partial charge in [-0.1, -0.05) is 78.5 Å². The van der Waals surface area contributed by atoms with Gasteiger partial charge in [0, 0.05) is 6.07 Å². The fraction of sp³-hybridized carbons (Fsp3) is 0.478. The molecule has 1 fully saturated rings. The van der Waals surface area contributed by atoms with Crippen molar-refractivity contribution in [3.8, 4) is 0 Å². The molecule has 0 radical (unpaired) electrons. The third-order valence-electron chi connectivity index (χ3n) is 5.60. The molecule has 168 valence electrons. The molecule has 1 saturated heterocycles. The van der Waals surface area contributed by atoms with Crippen LogP contribution in [-0.2, 0) is 14.9 Å². The Morgan fingerprint density at radius 1 is 1.10 bits per heavy atom. The van der Waals surface area contributed by atoms with Gasteiger partial charge in [0.15, 0.2) is 4.90 Å². The third kappa shape index (κ3) is 5.31. The van der Waals surface area contributed by atoms with Crippen LogP contribution < -0.4 is 0 Å². The molecular formula is C23H30N2O5S. The van der Waals surface area contributed by atoms with Crippen molar-refractivity contribution in [3.63, 3.8) is 0 Å². The third-order valence-corrected chi connectivity index (χ3v) is 7.36. The van der Waals surface area contributed by atoms with Crippen molar-refractivity contribution >= 4 is 15.7 Å². The van der Waals surface area contributed by atoms with Crippen LogP contribution in [-0.4, -0.2) is 23.9 Å². The highest BCUT2D eigenvalue weighted by atomic mass is 32.2. The first kappa shape index (κ1) is 23.4. The largest absolute Gasteiger partial charge is 0.289 e. The summed E-state index contributed by atoms with van der Waals surface area (Å²) in [5.74, 6) is 0. The monoisotopic (exact) mass is 446 g/mol. The predicted molar refractivity (Wildman–Crippen MR) is 119 cm³/mol. The van der Waals surface area contributed by atoms with E-state index in [1.54, 1.807) is 0 Å². The summed E-state index contributed by atoms with van der Waals surface area (Å²) >= 11 is 0. The first-order chi connectivity index (χ1) is 14.7. The van der Waals surface area contributed by atoms with E-state index in [9.17, 15) is 18.5 Å². The van der Waals surface area contributed by atoms with Crippen LogP contribution in [0.5, 0.6) is 0 Å². The van der Waals surface area contributed by atoms with Gasteiger partial charge >= 0.3 is 0 Å². The molecule has 0 amide bonds. The summed E-state index contributed by atoms with van der Waals surface area (Å²) in [5, 5.41) is 11.5. The van der Waals surface area contributed by atoms with Gasteiger partial charge in [0.25, 0.3) is 15.7 Å². The van der Waals surface area contributed by atoms with E-state index in [1.807, 2.05) is 26.0 Å². The first-order valence-electron chi connectivity index (χ1n) is 10.8. The lowest BCUT2D eigenvalue weighted by Crippen LogP contribution is -2.34. The minimum Gasteiger partial charge on any atom is -0.276 e. The lowest BCUT2D eigenvalue weighted by molar-refractivity contribution is -0.387. The Morgan fingerprint density at radius 3 is 2.42 bits per heavy atom. The molecule has 8 heteroatoms. The second-order valence-electron chi connectivity index (χ2n) is 8.24. The van der Waals surface area contributed by atoms with Gasteiger partial charge in [-0.2, -0.15) is 0 Å². The van der Waals surface area contributed by atoms with E-state index in [0.29, 0.717) is 12.8 Å². The maximum atomic E-state index is 13.5. The van der Waals surface area contributed by atoms with Crippen molar-refractivity contribution < 1.29 is 18.2 Å². The van der Waals surface area contributed by atoms with Crippen molar-refractivity contribution in [2.24, 2.45) is 0 Å². The Hall–Kier alpha value is -2.29. The van der Waals surface area contributed by atoms with Gasteiger partial charge in [-0.05, 0) is 38.3 Å². The molecule has 2 aromatic rings. The number of nitro benzene ring substituents is 1.